The van der Waals surface area contributed by atoms with Gasteiger partial charge in [0.25, 0.3) is 5.88 Å². The number of hydrogen-bond acceptors (Lipinski definition) is 5. The minimum atomic E-state index is 0.166. The van der Waals surface area contributed by atoms with Gasteiger partial charge < -0.3 is 14.8 Å². The molecule has 6 heteroatoms. The first-order valence-corrected chi connectivity index (χ1v) is 6.12. The average Bonchev–Trinajstić information content (AvgIpc) is 2.88. The number of fused-ring (bicyclic) bond motifs is 1. The number of hydrogen-bond donors (Lipinski definition) is 1. The summed E-state index contributed by atoms with van der Waals surface area (Å²) in [7, 11) is 1.84. The topological polar surface area (TPSA) is 60.7 Å². The highest BCUT2D eigenvalue weighted by atomic mass is 16.5. The highest BCUT2D eigenvalue weighted by molar-refractivity contribution is 5.53. The molecule has 1 aliphatic heterocycles. The molecule has 0 atom stereocenters. The minimum Gasteiger partial charge on any atom is -0.471 e. The Morgan fingerprint density at radius 2 is 2.28 bits per heavy atom. The lowest BCUT2D eigenvalue weighted by molar-refractivity contribution is 0.0242. The minimum absolute atomic E-state index is 0.166. The summed E-state index contributed by atoms with van der Waals surface area (Å²) in [4.78, 5) is 8.70. The van der Waals surface area contributed by atoms with E-state index >= 15 is 0 Å². The molecule has 1 fully saturated rings. The molecule has 3 heterocycles. The van der Waals surface area contributed by atoms with Crippen molar-refractivity contribution in [3.05, 3.63) is 18.6 Å². The van der Waals surface area contributed by atoms with Crippen molar-refractivity contribution in [1.29, 1.82) is 0 Å². The van der Waals surface area contributed by atoms with Crippen molar-refractivity contribution < 1.29 is 9.47 Å². The first kappa shape index (κ1) is 11.3. The molecular formula is C12H16N4O2. The summed E-state index contributed by atoms with van der Waals surface area (Å²) < 4.78 is 13.2. The second-order valence-corrected chi connectivity index (χ2v) is 4.27. The lowest BCUT2D eigenvalue weighted by Gasteiger charge is -2.23. The van der Waals surface area contributed by atoms with Gasteiger partial charge in [-0.25, -0.2) is 4.98 Å². The highest BCUT2D eigenvalue weighted by Crippen LogP contribution is 2.22. The molecule has 0 unspecified atom stereocenters. The molecule has 18 heavy (non-hydrogen) atoms. The first-order chi connectivity index (χ1) is 8.86. The Kier molecular flexibility index (Phi) is 3.02. The molecule has 96 valence electrons. The first-order valence-electron chi connectivity index (χ1n) is 6.12. The van der Waals surface area contributed by atoms with Gasteiger partial charge in [-0.05, 0) is 0 Å². The van der Waals surface area contributed by atoms with Gasteiger partial charge in [0, 0.05) is 32.3 Å². The number of ether oxygens (including phenoxy) is 2. The zero-order valence-corrected chi connectivity index (χ0v) is 10.3. The number of imidazole rings is 1. The van der Waals surface area contributed by atoms with Crippen LogP contribution < -0.4 is 10.1 Å². The second-order valence-electron chi connectivity index (χ2n) is 4.27. The fourth-order valence-electron chi connectivity index (χ4n) is 2.05. The molecule has 0 aliphatic carbocycles. The molecule has 2 aromatic rings. The fourth-order valence-corrected chi connectivity index (χ4v) is 2.05. The average molecular weight is 248 g/mol. The van der Waals surface area contributed by atoms with Crippen molar-refractivity contribution in [2.75, 3.05) is 25.6 Å². The molecule has 0 amide bonds. The van der Waals surface area contributed by atoms with Crippen LogP contribution in [0.2, 0.25) is 0 Å². The summed E-state index contributed by atoms with van der Waals surface area (Å²) in [6.07, 6.45) is 7.48. The van der Waals surface area contributed by atoms with Crippen LogP contribution in [0.3, 0.4) is 0 Å². The van der Waals surface area contributed by atoms with E-state index in [1.807, 2.05) is 23.8 Å². The molecule has 6 nitrogen and oxygen atoms in total. The maximum atomic E-state index is 5.95. The molecule has 1 N–H and O–H groups in total. The Morgan fingerprint density at radius 1 is 1.44 bits per heavy atom. The van der Waals surface area contributed by atoms with Crippen LogP contribution in [-0.2, 0) is 4.74 Å². The normalized spacial score (nSPS) is 16.9. The van der Waals surface area contributed by atoms with E-state index in [0.29, 0.717) is 5.88 Å². The van der Waals surface area contributed by atoms with Crippen molar-refractivity contribution >= 4 is 11.5 Å². The van der Waals surface area contributed by atoms with E-state index in [9.17, 15) is 0 Å². The van der Waals surface area contributed by atoms with Crippen molar-refractivity contribution in [2.24, 2.45) is 0 Å². The highest BCUT2D eigenvalue weighted by Gasteiger charge is 2.18. The predicted molar refractivity (Wildman–Crippen MR) is 67.0 cm³/mol. The monoisotopic (exact) mass is 248 g/mol. The Balaban J connectivity index is 1.91. The zero-order chi connectivity index (χ0) is 12.4. The molecule has 1 saturated heterocycles. The Labute approximate surface area is 105 Å². The van der Waals surface area contributed by atoms with Crippen molar-refractivity contribution in [3.8, 4) is 5.88 Å². The molecule has 0 radical (unpaired) electrons. The van der Waals surface area contributed by atoms with E-state index in [1.54, 1.807) is 6.20 Å². The summed E-state index contributed by atoms with van der Waals surface area (Å²) in [6.45, 7) is 1.50. The van der Waals surface area contributed by atoms with Gasteiger partial charge in [0.1, 0.15) is 11.9 Å². The Bertz CT molecular complexity index is 534. The van der Waals surface area contributed by atoms with Gasteiger partial charge in [0.2, 0.25) is 5.65 Å². The summed E-state index contributed by atoms with van der Waals surface area (Å²) >= 11 is 0. The standard InChI is InChI=1S/C12H16N4O2/c1-13-10-8-16-5-4-14-11(16)12(15-10)18-9-2-6-17-7-3-9/h4-5,8-9,13H,2-3,6-7H2,1H3. The van der Waals surface area contributed by atoms with Gasteiger partial charge in [-0.1, -0.05) is 0 Å². The van der Waals surface area contributed by atoms with Crippen LogP contribution >= 0.6 is 0 Å². The van der Waals surface area contributed by atoms with E-state index in [2.05, 4.69) is 15.3 Å². The van der Waals surface area contributed by atoms with Crippen molar-refractivity contribution in [3.63, 3.8) is 0 Å². The van der Waals surface area contributed by atoms with Crippen LogP contribution in [0, 0.1) is 0 Å². The maximum Gasteiger partial charge on any atom is 0.260 e. The third kappa shape index (κ3) is 2.11. The summed E-state index contributed by atoms with van der Waals surface area (Å²) in [6, 6.07) is 0. The molecule has 2 aromatic heterocycles. The maximum absolute atomic E-state index is 5.95. The second kappa shape index (κ2) is 4.81. The van der Waals surface area contributed by atoms with Crippen LogP contribution in [-0.4, -0.2) is 40.7 Å². The summed E-state index contributed by atoms with van der Waals surface area (Å²) in [5, 5.41) is 3.02. The Hall–Kier alpha value is -1.82. The van der Waals surface area contributed by atoms with Gasteiger partial charge in [-0.3, -0.25) is 4.40 Å². The summed E-state index contributed by atoms with van der Waals surface area (Å²) in [5.41, 5.74) is 0.750. The number of aromatic nitrogens is 3. The van der Waals surface area contributed by atoms with Crippen LogP contribution in [0.25, 0.3) is 5.65 Å². The van der Waals surface area contributed by atoms with Crippen molar-refractivity contribution in [1.82, 2.24) is 14.4 Å². The van der Waals surface area contributed by atoms with E-state index in [0.717, 1.165) is 37.5 Å². The van der Waals surface area contributed by atoms with E-state index < -0.39 is 0 Å². The number of anilines is 1. The largest absolute Gasteiger partial charge is 0.471 e. The van der Waals surface area contributed by atoms with Crippen LogP contribution in [0.5, 0.6) is 5.88 Å². The molecule has 3 rings (SSSR count). The Morgan fingerprint density at radius 3 is 3.06 bits per heavy atom. The molecule has 0 aromatic carbocycles. The van der Waals surface area contributed by atoms with Crippen LogP contribution in [0.1, 0.15) is 12.8 Å². The number of nitrogens with zero attached hydrogens (tertiary/aromatic N) is 3. The zero-order valence-electron chi connectivity index (χ0n) is 10.3. The van der Waals surface area contributed by atoms with E-state index in [1.165, 1.54) is 0 Å². The number of rotatable bonds is 3. The predicted octanol–water partition coefficient (Wildman–Crippen LogP) is 1.33. The van der Waals surface area contributed by atoms with E-state index in [-0.39, 0.29) is 6.10 Å². The fraction of sp³-hybridized carbons (Fsp3) is 0.500. The quantitative estimate of drug-likeness (QED) is 0.888. The summed E-state index contributed by atoms with van der Waals surface area (Å²) in [5.74, 6) is 1.35. The third-order valence-corrected chi connectivity index (χ3v) is 3.05. The van der Waals surface area contributed by atoms with Gasteiger partial charge >= 0.3 is 0 Å². The molecule has 0 spiro atoms. The van der Waals surface area contributed by atoms with Gasteiger partial charge in [0.15, 0.2) is 0 Å². The molecule has 1 aliphatic rings. The third-order valence-electron chi connectivity index (χ3n) is 3.05. The van der Waals surface area contributed by atoms with Gasteiger partial charge in [-0.2, -0.15) is 4.98 Å². The molecule has 0 bridgehead atoms. The van der Waals surface area contributed by atoms with Gasteiger partial charge in [-0.15, -0.1) is 0 Å². The lowest BCUT2D eigenvalue weighted by Crippen LogP contribution is -2.26. The molecule has 0 saturated carbocycles. The lowest BCUT2D eigenvalue weighted by atomic mass is 10.2. The van der Waals surface area contributed by atoms with E-state index in [4.69, 9.17) is 9.47 Å². The van der Waals surface area contributed by atoms with Crippen LogP contribution in [0.4, 0.5) is 5.82 Å². The van der Waals surface area contributed by atoms with Crippen LogP contribution in [0.15, 0.2) is 18.6 Å². The smallest absolute Gasteiger partial charge is 0.260 e. The van der Waals surface area contributed by atoms with Gasteiger partial charge in [0.05, 0.1) is 19.4 Å². The molecular weight excluding hydrogens is 232 g/mol. The van der Waals surface area contributed by atoms with Crippen molar-refractivity contribution in [2.45, 2.75) is 18.9 Å². The number of nitrogens with one attached hydrogen (secondary N) is 1. The SMILES string of the molecule is CNc1cn2ccnc2c(OC2CCOCC2)n1.